The Bertz CT molecular complexity index is 322. The highest BCUT2D eigenvalue weighted by molar-refractivity contribution is 6.30. The summed E-state index contributed by atoms with van der Waals surface area (Å²) in [6.45, 7) is 0.612. The maximum Gasteiger partial charge on any atom is 0.303 e. The Morgan fingerprint density at radius 1 is 1.19 bits per heavy atom. The Balaban J connectivity index is 2.07. The van der Waals surface area contributed by atoms with Gasteiger partial charge in [-0.2, -0.15) is 0 Å². The Morgan fingerprint density at radius 3 is 2.50 bits per heavy atom. The van der Waals surface area contributed by atoms with Gasteiger partial charge < -0.3 is 9.84 Å². The van der Waals surface area contributed by atoms with Crippen LogP contribution in [0.5, 0.6) is 5.75 Å². The van der Waals surface area contributed by atoms with Crippen molar-refractivity contribution in [2.75, 3.05) is 6.61 Å². The van der Waals surface area contributed by atoms with Gasteiger partial charge in [-0.25, -0.2) is 0 Å². The minimum absolute atomic E-state index is 0.237. The Labute approximate surface area is 100.0 Å². The number of ether oxygens (including phenoxy) is 1. The Morgan fingerprint density at radius 2 is 1.88 bits per heavy atom. The van der Waals surface area contributed by atoms with Crippen molar-refractivity contribution >= 4 is 17.6 Å². The van der Waals surface area contributed by atoms with Crippen molar-refractivity contribution in [2.24, 2.45) is 0 Å². The summed E-state index contributed by atoms with van der Waals surface area (Å²) in [5.41, 5.74) is 0. The van der Waals surface area contributed by atoms with E-state index in [1.165, 1.54) is 0 Å². The number of carboxylic acids is 1. The molecule has 0 aliphatic heterocycles. The fourth-order valence-electron chi connectivity index (χ4n) is 1.28. The van der Waals surface area contributed by atoms with E-state index in [0.29, 0.717) is 18.1 Å². The van der Waals surface area contributed by atoms with Gasteiger partial charge >= 0.3 is 5.97 Å². The van der Waals surface area contributed by atoms with Crippen molar-refractivity contribution in [1.82, 2.24) is 0 Å². The largest absolute Gasteiger partial charge is 0.494 e. The highest BCUT2D eigenvalue weighted by Crippen LogP contribution is 2.15. The first kappa shape index (κ1) is 12.8. The maximum atomic E-state index is 10.2. The zero-order chi connectivity index (χ0) is 11.8. The number of benzene rings is 1. The Kier molecular flexibility index (Phi) is 5.72. The van der Waals surface area contributed by atoms with E-state index in [1.54, 1.807) is 12.1 Å². The molecule has 0 atom stereocenters. The van der Waals surface area contributed by atoms with Gasteiger partial charge in [0.1, 0.15) is 5.75 Å². The van der Waals surface area contributed by atoms with E-state index in [4.69, 9.17) is 21.4 Å². The number of rotatable bonds is 7. The molecule has 0 aliphatic carbocycles. The molecule has 0 amide bonds. The fourth-order valence-corrected chi connectivity index (χ4v) is 1.40. The van der Waals surface area contributed by atoms with E-state index in [9.17, 15) is 4.79 Å². The second kappa shape index (κ2) is 7.12. The smallest absolute Gasteiger partial charge is 0.303 e. The van der Waals surface area contributed by atoms with Gasteiger partial charge in [0, 0.05) is 11.4 Å². The molecule has 0 heterocycles. The summed E-state index contributed by atoms with van der Waals surface area (Å²) in [5.74, 6) is 0.0567. The van der Waals surface area contributed by atoms with E-state index in [1.807, 2.05) is 12.1 Å². The van der Waals surface area contributed by atoms with Crippen molar-refractivity contribution in [3.05, 3.63) is 29.3 Å². The van der Waals surface area contributed by atoms with Crippen molar-refractivity contribution in [3.63, 3.8) is 0 Å². The third-order valence-corrected chi connectivity index (χ3v) is 2.37. The zero-order valence-corrected chi connectivity index (χ0v) is 9.74. The van der Waals surface area contributed by atoms with Gasteiger partial charge in [-0.1, -0.05) is 11.6 Å². The highest BCUT2D eigenvalue weighted by atomic mass is 35.5. The van der Waals surface area contributed by atoms with Gasteiger partial charge in [-0.3, -0.25) is 4.79 Å². The zero-order valence-electron chi connectivity index (χ0n) is 8.99. The van der Waals surface area contributed by atoms with Crippen LogP contribution in [0.4, 0.5) is 0 Å². The summed E-state index contributed by atoms with van der Waals surface area (Å²) in [5, 5.41) is 9.12. The molecule has 0 spiro atoms. The lowest BCUT2D eigenvalue weighted by Gasteiger charge is -2.05. The molecule has 88 valence electrons. The molecule has 16 heavy (non-hydrogen) atoms. The minimum Gasteiger partial charge on any atom is -0.494 e. The normalized spacial score (nSPS) is 10.1. The fraction of sp³-hybridized carbons (Fsp3) is 0.417. The number of carboxylic acid groups (broad SMARTS) is 1. The molecule has 0 radical (unpaired) electrons. The van der Waals surface area contributed by atoms with Crippen molar-refractivity contribution < 1.29 is 14.6 Å². The van der Waals surface area contributed by atoms with Crippen LogP contribution in [-0.4, -0.2) is 17.7 Å². The van der Waals surface area contributed by atoms with Crippen LogP contribution < -0.4 is 4.74 Å². The van der Waals surface area contributed by atoms with Crippen LogP contribution in [0.3, 0.4) is 0 Å². The van der Waals surface area contributed by atoms with Crippen LogP contribution in [0.2, 0.25) is 5.02 Å². The second-order valence-electron chi connectivity index (χ2n) is 3.51. The van der Waals surface area contributed by atoms with Crippen LogP contribution in [0.25, 0.3) is 0 Å². The van der Waals surface area contributed by atoms with Crippen LogP contribution in [0.15, 0.2) is 24.3 Å². The van der Waals surface area contributed by atoms with Crippen molar-refractivity contribution in [3.8, 4) is 5.75 Å². The maximum absolute atomic E-state index is 10.2. The first-order valence-corrected chi connectivity index (χ1v) is 5.66. The average Bonchev–Trinajstić information content (AvgIpc) is 2.25. The summed E-state index contributed by atoms with van der Waals surface area (Å²) in [6.07, 6.45) is 2.69. The van der Waals surface area contributed by atoms with Gasteiger partial charge in [0.25, 0.3) is 0 Å². The molecule has 0 saturated heterocycles. The van der Waals surface area contributed by atoms with E-state index in [0.717, 1.165) is 18.6 Å². The number of carbonyl (C=O) groups is 1. The Hall–Kier alpha value is -1.22. The second-order valence-corrected chi connectivity index (χ2v) is 3.94. The molecule has 3 nitrogen and oxygen atoms in total. The molecule has 0 saturated carbocycles. The van der Waals surface area contributed by atoms with Crippen LogP contribution in [0, 0.1) is 0 Å². The summed E-state index contributed by atoms with van der Waals surface area (Å²) in [7, 11) is 0. The molecule has 1 aromatic carbocycles. The van der Waals surface area contributed by atoms with Gasteiger partial charge in [0.2, 0.25) is 0 Å². The molecular formula is C12H15ClO3. The number of aliphatic carboxylic acids is 1. The molecule has 0 aromatic heterocycles. The van der Waals surface area contributed by atoms with Crippen molar-refractivity contribution in [2.45, 2.75) is 25.7 Å². The van der Waals surface area contributed by atoms with Gasteiger partial charge in [-0.15, -0.1) is 0 Å². The summed E-state index contributed by atoms with van der Waals surface area (Å²) < 4.78 is 5.46. The van der Waals surface area contributed by atoms with Gasteiger partial charge in [0.15, 0.2) is 0 Å². The van der Waals surface area contributed by atoms with E-state index < -0.39 is 5.97 Å². The van der Waals surface area contributed by atoms with E-state index >= 15 is 0 Å². The van der Waals surface area contributed by atoms with Crippen LogP contribution in [0.1, 0.15) is 25.7 Å². The lowest BCUT2D eigenvalue weighted by molar-refractivity contribution is -0.137. The highest BCUT2D eigenvalue weighted by Gasteiger charge is 1.97. The van der Waals surface area contributed by atoms with E-state index in [2.05, 4.69) is 0 Å². The third-order valence-electron chi connectivity index (χ3n) is 2.12. The topological polar surface area (TPSA) is 46.5 Å². The summed E-state index contributed by atoms with van der Waals surface area (Å²) in [4.78, 5) is 10.2. The lowest BCUT2D eigenvalue weighted by atomic mass is 10.2. The summed E-state index contributed by atoms with van der Waals surface area (Å²) in [6, 6.07) is 7.20. The number of hydrogen-bond donors (Lipinski definition) is 1. The quantitative estimate of drug-likeness (QED) is 0.746. The third kappa shape index (κ3) is 5.61. The molecule has 0 aliphatic rings. The monoisotopic (exact) mass is 242 g/mol. The first-order valence-electron chi connectivity index (χ1n) is 5.28. The average molecular weight is 243 g/mol. The minimum atomic E-state index is -0.737. The standard InChI is InChI=1S/C12H15ClO3/c13-10-5-7-11(8-6-10)16-9-3-1-2-4-12(14)15/h5-8H,1-4,9H2,(H,14,15). The van der Waals surface area contributed by atoms with Gasteiger partial charge in [-0.05, 0) is 43.5 Å². The van der Waals surface area contributed by atoms with Crippen LogP contribution >= 0.6 is 11.6 Å². The predicted octanol–water partition coefficient (Wildman–Crippen LogP) is 3.36. The van der Waals surface area contributed by atoms with E-state index in [-0.39, 0.29) is 6.42 Å². The molecule has 0 bridgehead atoms. The first-order chi connectivity index (χ1) is 7.68. The van der Waals surface area contributed by atoms with Crippen LogP contribution in [-0.2, 0) is 4.79 Å². The molecule has 0 fully saturated rings. The molecule has 1 aromatic rings. The van der Waals surface area contributed by atoms with Crippen molar-refractivity contribution in [1.29, 1.82) is 0 Å². The van der Waals surface area contributed by atoms with Gasteiger partial charge in [0.05, 0.1) is 6.61 Å². The molecule has 4 heteroatoms. The molecular weight excluding hydrogens is 228 g/mol. The number of hydrogen-bond acceptors (Lipinski definition) is 2. The molecule has 0 unspecified atom stereocenters. The molecule has 1 rings (SSSR count). The number of halogens is 1. The summed E-state index contributed by atoms with van der Waals surface area (Å²) >= 11 is 5.73. The number of unbranched alkanes of at least 4 members (excludes halogenated alkanes) is 2. The SMILES string of the molecule is O=C(O)CCCCCOc1ccc(Cl)cc1. The lowest BCUT2D eigenvalue weighted by Crippen LogP contribution is -1.98. The molecule has 1 N–H and O–H groups in total. The predicted molar refractivity (Wildman–Crippen MR) is 63.1 cm³/mol.